The summed E-state index contributed by atoms with van der Waals surface area (Å²) in [6.45, 7) is -0.679. The molecule has 1 saturated heterocycles. The van der Waals surface area contributed by atoms with Crippen LogP contribution >= 0.6 is 11.6 Å². The molecule has 2 N–H and O–H groups in total. The predicted octanol–water partition coefficient (Wildman–Crippen LogP) is 3.85. The summed E-state index contributed by atoms with van der Waals surface area (Å²) in [5, 5.41) is 35.7. The highest BCUT2D eigenvalue weighted by Gasteiger charge is 2.61. The highest BCUT2D eigenvalue weighted by Crippen LogP contribution is 2.50. The first-order valence-electron chi connectivity index (χ1n) is 13.1. The molecule has 236 valence electrons. The Kier molecular flexibility index (Phi) is 8.49. The molecule has 3 aromatic rings. The van der Waals surface area contributed by atoms with Crippen molar-refractivity contribution in [3.8, 4) is 11.3 Å². The zero-order valence-corrected chi connectivity index (χ0v) is 23.1. The summed E-state index contributed by atoms with van der Waals surface area (Å²) < 4.78 is 112. The van der Waals surface area contributed by atoms with Gasteiger partial charge in [0.1, 0.15) is 30.0 Å². The Morgan fingerprint density at radius 2 is 1.74 bits per heavy atom. The van der Waals surface area contributed by atoms with E-state index in [9.17, 15) is 40.9 Å². The predicted molar refractivity (Wildman–Crippen MR) is 133 cm³/mol. The number of alkyl halides is 5. The van der Waals surface area contributed by atoms with E-state index in [2.05, 4.69) is 20.6 Å². The SMILES string of the molecule is CO[C@@H]1[C@@H](n2cc(-c3ccc(Cl)c(F)c3F)nn2)[C@@H](O)[C@@H](CO)O[C@@H]1Cc1cn(C2(C(F)(F)F)CCC(F)(F)CC2)nn1. The number of benzene rings is 1. The fourth-order valence-electron chi connectivity index (χ4n) is 5.68. The average Bonchev–Trinajstić information content (AvgIpc) is 3.62. The molecule has 1 aliphatic carbocycles. The quantitative estimate of drug-likeness (QED) is 0.295. The fourth-order valence-corrected chi connectivity index (χ4v) is 5.82. The summed E-state index contributed by atoms with van der Waals surface area (Å²) in [5.41, 5.74) is -3.06. The molecule has 10 nitrogen and oxygen atoms in total. The van der Waals surface area contributed by atoms with Gasteiger partial charge < -0.3 is 19.7 Å². The number of nitrogens with zero attached hydrogens (tertiary/aromatic N) is 6. The highest BCUT2D eigenvalue weighted by atomic mass is 35.5. The molecule has 0 unspecified atom stereocenters. The van der Waals surface area contributed by atoms with E-state index in [1.54, 1.807) is 0 Å². The zero-order chi connectivity index (χ0) is 31.3. The number of aliphatic hydroxyl groups excluding tert-OH is 2. The Morgan fingerprint density at radius 3 is 2.37 bits per heavy atom. The van der Waals surface area contributed by atoms with Gasteiger partial charge in [-0.05, 0) is 25.0 Å². The summed E-state index contributed by atoms with van der Waals surface area (Å²) in [5.74, 6) is -5.79. The molecule has 0 radical (unpaired) electrons. The van der Waals surface area contributed by atoms with Gasteiger partial charge in [0.15, 0.2) is 17.2 Å². The first kappa shape index (κ1) is 31.6. The minimum Gasteiger partial charge on any atom is -0.394 e. The van der Waals surface area contributed by atoms with Crippen LogP contribution < -0.4 is 0 Å². The summed E-state index contributed by atoms with van der Waals surface area (Å²) in [4.78, 5) is 0. The zero-order valence-electron chi connectivity index (χ0n) is 22.4. The summed E-state index contributed by atoms with van der Waals surface area (Å²) in [6.07, 6.45) is -11.4. The van der Waals surface area contributed by atoms with Crippen molar-refractivity contribution >= 4 is 11.6 Å². The lowest BCUT2D eigenvalue weighted by atomic mass is 9.79. The van der Waals surface area contributed by atoms with Crippen LogP contribution in [0.3, 0.4) is 0 Å². The highest BCUT2D eigenvalue weighted by molar-refractivity contribution is 6.30. The van der Waals surface area contributed by atoms with E-state index in [0.717, 1.165) is 16.9 Å². The van der Waals surface area contributed by atoms with Gasteiger partial charge in [-0.15, -0.1) is 10.2 Å². The lowest BCUT2D eigenvalue weighted by molar-refractivity contribution is -0.242. The number of ether oxygens (including phenoxy) is 2. The van der Waals surface area contributed by atoms with Crippen molar-refractivity contribution in [2.45, 2.75) is 80.2 Å². The molecular formula is C25H26ClF7N6O4. The number of rotatable bonds is 7. The van der Waals surface area contributed by atoms with E-state index in [-0.39, 0.29) is 23.4 Å². The molecule has 5 rings (SSSR count). The Morgan fingerprint density at radius 1 is 1.05 bits per heavy atom. The lowest BCUT2D eigenvalue weighted by Crippen LogP contribution is -2.57. The first-order chi connectivity index (χ1) is 20.2. The second kappa shape index (κ2) is 11.6. The van der Waals surface area contributed by atoms with E-state index >= 15 is 0 Å². The third-order valence-electron chi connectivity index (χ3n) is 8.09. The van der Waals surface area contributed by atoms with Crippen LogP contribution in [0.5, 0.6) is 0 Å². The largest absolute Gasteiger partial charge is 0.413 e. The maximum Gasteiger partial charge on any atom is 0.413 e. The maximum absolute atomic E-state index is 14.5. The van der Waals surface area contributed by atoms with Crippen molar-refractivity contribution in [2.75, 3.05) is 13.7 Å². The van der Waals surface area contributed by atoms with Gasteiger partial charge >= 0.3 is 6.18 Å². The number of aliphatic hydroxyl groups is 2. The second-order valence-corrected chi connectivity index (χ2v) is 11.0. The van der Waals surface area contributed by atoms with Crippen molar-refractivity contribution < 1.29 is 50.4 Å². The maximum atomic E-state index is 14.5. The van der Waals surface area contributed by atoms with Crippen LogP contribution in [0.15, 0.2) is 24.5 Å². The van der Waals surface area contributed by atoms with E-state index in [0.29, 0.717) is 4.68 Å². The molecular weight excluding hydrogens is 617 g/mol. The molecule has 18 heteroatoms. The van der Waals surface area contributed by atoms with Gasteiger partial charge in [-0.2, -0.15) is 13.2 Å². The molecule has 1 aromatic carbocycles. The molecule has 1 aliphatic heterocycles. The van der Waals surface area contributed by atoms with Gasteiger partial charge in [0, 0.05) is 38.1 Å². The second-order valence-electron chi connectivity index (χ2n) is 10.6. The number of hydrogen-bond acceptors (Lipinski definition) is 8. The van der Waals surface area contributed by atoms with Crippen molar-refractivity contribution in [2.24, 2.45) is 0 Å². The average molecular weight is 643 g/mol. The van der Waals surface area contributed by atoms with Crippen LogP contribution in [-0.4, -0.2) is 90.4 Å². The van der Waals surface area contributed by atoms with Crippen molar-refractivity contribution in [1.82, 2.24) is 30.0 Å². The normalized spacial score (nSPS) is 27.4. The topological polar surface area (TPSA) is 120 Å². The minimum atomic E-state index is -4.89. The third kappa shape index (κ3) is 5.72. The molecule has 5 atom stereocenters. The molecule has 2 aliphatic rings. The van der Waals surface area contributed by atoms with Crippen molar-refractivity contribution in [1.29, 1.82) is 0 Å². The van der Waals surface area contributed by atoms with E-state index in [1.165, 1.54) is 19.4 Å². The van der Waals surface area contributed by atoms with Crippen LogP contribution in [0.25, 0.3) is 11.3 Å². The van der Waals surface area contributed by atoms with Gasteiger partial charge in [0.05, 0.1) is 29.6 Å². The van der Waals surface area contributed by atoms with Crippen LogP contribution in [0.4, 0.5) is 30.7 Å². The molecule has 2 aromatic heterocycles. The van der Waals surface area contributed by atoms with Gasteiger partial charge in [0.2, 0.25) is 5.92 Å². The molecule has 0 bridgehead atoms. The van der Waals surface area contributed by atoms with Crippen LogP contribution in [0, 0.1) is 11.6 Å². The number of hydrogen-bond donors (Lipinski definition) is 2. The van der Waals surface area contributed by atoms with Gasteiger partial charge in [0.25, 0.3) is 0 Å². The Hall–Kier alpha value is -2.86. The number of halogens is 8. The first-order valence-corrected chi connectivity index (χ1v) is 13.5. The van der Waals surface area contributed by atoms with Crippen molar-refractivity contribution in [3.63, 3.8) is 0 Å². The Labute approximate surface area is 244 Å². The van der Waals surface area contributed by atoms with Crippen LogP contribution in [-0.2, 0) is 21.4 Å². The molecule has 1 saturated carbocycles. The monoisotopic (exact) mass is 642 g/mol. The standard InChI is InChI=1S/C25H26ClF7N6O4/c1-42-22-16(8-12-9-39(37-34-12)23(25(31,32)33)4-6-24(29,30)7-5-23)43-17(11-40)21(41)20(22)38-10-15(35-36-38)13-2-3-14(26)19(28)18(13)27/h2-3,9-10,16-17,20-22,40-41H,4-8,11H2,1H3/t16-,17-,20+,21+,22+/m1/s1. The van der Waals surface area contributed by atoms with Gasteiger partial charge in [-0.1, -0.05) is 22.0 Å². The molecule has 2 fully saturated rings. The lowest BCUT2D eigenvalue weighted by Gasteiger charge is -2.43. The molecule has 43 heavy (non-hydrogen) atoms. The summed E-state index contributed by atoms with van der Waals surface area (Å²) >= 11 is 5.62. The van der Waals surface area contributed by atoms with Crippen LogP contribution in [0.1, 0.15) is 37.4 Å². The summed E-state index contributed by atoms with van der Waals surface area (Å²) in [7, 11) is 1.27. The summed E-state index contributed by atoms with van der Waals surface area (Å²) in [6, 6.07) is 1.19. The fraction of sp³-hybridized carbons (Fsp3) is 0.600. The number of aromatic nitrogens is 6. The number of methoxy groups -OCH3 is 1. The van der Waals surface area contributed by atoms with Gasteiger partial charge in [-0.3, -0.25) is 0 Å². The van der Waals surface area contributed by atoms with E-state index in [1.807, 2.05) is 0 Å². The van der Waals surface area contributed by atoms with Gasteiger partial charge in [-0.25, -0.2) is 26.9 Å². The molecule has 3 heterocycles. The van der Waals surface area contributed by atoms with E-state index in [4.69, 9.17) is 21.1 Å². The minimum absolute atomic E-state index is 0.00201. The Bertz CT molecular complexity index is 1440. The van der Waals surface area contributed by atoms with Crippen molar-refractivity contribution in [3.05, 3.63) is 46.9 Å². The smallest absolute Gasteiger partial charge is 0.394 e. The Balaban J connectivity index is 1.43. The molecule has 0 spiro atoms. The van der Waals surface area contributed by atoms with E-state index < -0.39 is 97.0 Å². The van der Waals surface area contributed by atoms with Crippen LogP contribution in [0.2, 0.25) is 5.02 Å². The third-order valence-corrected chi connectivity index (χ3v) is 8.38. The molecule has 0 amide bonds.